The average molecular weight is 258 g/mol. The lowest BCUT2D eigenvalue weighted by Crippen LogP contribution is -2.26. The van der Waals surface area contributed by atoms with Crippen LogP contribution in [0.3, 0.4) is 0 Å². The third kappa shape index (κ3) is 6.08. The van der Waals surface area contributed by atoms with Gasteiger partial charge in [0.25, 0.3) is 20.2 Å². The molecule has 0 N–H and O–H groups in total. The minimum Gasteiger partial charge on any atom is -0.268 e. The van der Waals surface area contributed by atoms with E-state index in [1.807, 2.05) is 0 Å². The van der Waals surface area contributed by atoms with Crippen LogP contribution >= 0.6 is 0 Å². The highest BCUT2D eigenvalue weighted by Gasteiger charge is 2.35. The zero-order valence-corrected chi connectivity index (χ0v) is 10.2. The Morgan fingerprint density at radius 2 is 1.67 bits per heavy atom. The molecule has 0 aliphatic heterocycles. The van der Waals surface area contributed by atoms with Gasteiger partial charge in [-0.25, -0.2) is 0 Å². The lowest BCUT2D eigenvalue weighted by atomic mass is 10.2. The molecule has 0 saturated heterocycles. The lowest BCUT2D eigenvalue weighted by molar-refractivity contribution is 0.121. The summed E-state index contributed by atoms with van der Waals surface area (Å²) < 4.78 is 52.4. The van der Waals surface area contributed by atoms with Crippen molar-refractivity contribution in [3.05, 3.63) is 0 Å². The van der Waals surface area contributed by atoms with Gasteiger partial charge in [0.15, 0.2) is 0 Å². The molecular weight excluding hydrogens is 244 g/mol. The predicted octanol–water partition coefficient (Wildman–Crippen LogP) is -0.283. The molecule has 0 heterocycles. The topological polar surface area (TPSA) is 86.7 Å². The van der Waals surface area contributed by atoms with Gasteiger partial charge >= 0.3 is 0 Å². The Morgan fingerprint density at radius 3 is 2.00 bits per heavy atom. The van der Waals surface area contributed by atoms with Crippen LogP contribution < -0.4 is 0 Å². The maximum absolute atomic E-state index is 10.9. The summed E-state index contributed by atoms with van der Waals surface area (Å²) in [7, 11) is -7.13. The van der Waals surface area contributed by atoms with E-state index < -0.39 is 26.3 Å². The first-order valence-electron chi connectivity index (χ1n) is 4.40. The minimum absolute atomic E-state index is 0.0847. The van der Waals surface area contributed by atoms with E-state index in [4.69, 9.17) is 4.18 Å². The second kappa shape index (κ2) is 4.36. The number of hydrogen-bond donors (Lipinski definition) is 0. The van der Waals surface area contributed by atoms with E-state index in [2.05, 4.69) is 4.18 Å². The molecule has 0 spiro atoms. The van der Waals surface area contributed by atoms with E-state index in [9.17, 15) is 16.8 Å². The molecule has 90 valence electrons. The summed E-state index contributed by atoms with van der Waals surface area (Å²) in [6, 6.07) is 0. The standard InChI is InChI=1S/C7H14O6S2/c1-14(8,9)12-5-7(6-3-4-6)13-15(2,10)11/h6-7H,3-5H2,1-2H3. The van der Waals surface area contributed by atoms with E-state index >= 15 is 0 Å². The molecule has 0 aromatic carbocycles. The van der Waals surface area contributed by atoms with Crippen LogP contribution in [0, 0.1) is 5.92 Å². The van der Waals surface area contributed by atoms with E-state index in [1.54, 1.807) is 0 Å². The van der Waals surface area contributed by atoms with Gasteiger partial charge < -0.3 is 0 Å². The molecule has 1 rings (SSSR count). The first-order chi connectivity index (χ1) is 6.67. The highest BCUT2D eigenvalue weighted by molar-refractivity contribution is 7.86. The van der Waals surface area contributed by atoms with Gasteiger partial charge in [-0.3, -0.25) is 8.37 Å². The Labute approximate surface area is 89.8 Å². The van der Waals surface area contributed by atoms with Crippen LogP contribution in [0.15, 0.2) is 0 Å². The van der Waals surface area contributed by atoms with Gasteiger partial charge in [0.2, 0.25) is 0 Å². The Hall–Kier alpha value is -0.180. The molecule has 15 heavy (non-hydrogen) atoms. The van der Waals surface area contributed by atoms with E-state index in [0.29, 0.717) is 0 Å². The van der Waals surface area contributed by atoms with Gasteiger partial charge in [-0.15, -0.1) is 0 Å². The molecule has 0 aromatic rings. The molecule has 6 nitrogen and oxygen atoms in total. The van der Waals surface area contributed by atoms with Gasteiger partial charge in [0.05, 0.1) is 19.1 Å². The second-order valence-corrected chi connectivity index (χ2v) is 6.91. The van der Waals surface area contributed by atoms with Crippen LogP contribution in [0.25, 0.3) is 0 Å². The van der Waals surface area contributed by atoms with Crippen LogP contribution in [-0.4, -0.2) is 42.1 Å². The molecule has 0 aromatic heterocycles. The largest absolute Gasteiger partial charge is 0.268 e. The van der Waals surface area contributed by atoms with Crippen molar-refractivity contribution in [1.82, 2.24) is 0 Å². The maximum atomic E-state index is 10.9. The van der Waals surface area contributed by atoms with Gasteiger partial charge in [0.1, 0.15) is 6.10 Å². The van der Waals surface area contributed by atoms with Gasteiger partial charge in [0, 0.05) is 0 Å². The molecule has 0 radical (unpaired) electrons. The summed E-state index contributed by atoms with van der Waals surface area (Å²) in [5.41, 5.74) is 0. The van der Waals surface area contributed by atoms with Gasteiger partial charge in [-0.2, -0.15) is 16.8 Å². The van der Waals surface area contributed by atoms with E-state index in [0.717, 1.165) is 25.4 Å². The zero-order valence-electron chi connectivity index (χ0n) is 8.54. The van der Waals surface area contributed by atoms with E-state index in [-0.39, 0.29) is 12.5 Å². The number of rotatable bonds is 6. The molecule has 0 amide bonds. The third-order valence-electron chi connectivity index (χ3n) is 1.89. The normalized spacial score (nSPS) is 20.1. The van der Waals surface area contributed by atoms with Crippen molar-refractivity contribution in [1.29, 1.82) is 0 Å². The predicted molar refractivity (Wildman–Crippen MR) is 53.2 cm³/mol. The quantitative estimate of drug-likeness (QED) is 0.609. The van der Waals surface area contributed by atoms with Crippen molar-refractivity contribution in [3.63, 3.8) is 0 Å². The van der Waals surface area contributed by atoms with E-state index in [1.165, 1.54) is 0 Å². The molecule has 8 heteroatoms. The molecule has 1 fully saturated rings. The number of hydrogen-bond acceptors (Lipinski definition) is 6. The lowest BCUT2D eigenvalue weighted by Gasteiger charge is -2.14. The Kier molecular flexibility index (Phi) is 3.75. The molecule has 1 aliphatic rings. The van der Waals surface area contributed by atoms with Crippen LogP contribution in [0.4, 0.5) is 0 Å². The van der Waals surface area contributed by atoms with Crippen molar-refractivity contribution in [2.45, 2.75) is 18.9 Å². The first kappa shape index (κ1) is 12.9. The van der Waals surface area contributed by atoms with Crippen molar-refractivity contribution in [2.75, 3.05) is 19.1 Å². The molecule has 1 atom stereocenters. The highest BCUT2D eigenvalue weighted by atomic mass is 32.2. The molecule has 1 aliphatic carbocycles. The third-order valence-corrected chi connectivity index (χ3v) is 3.05. The van der Waals surface area contributed by atoms with Crippen LogP contribution in [0.5, 0.6) is 0 Å². The van der Waals surface area contributed by atoms with Gasteiger partial charge in [-0.1, -0.05) is 0 Å². The first-order valence-corrected chi connectivity index (χ1v) is 8.03. The maximum Gasteiger partial charge on any atom is 0.264 e. The second-order valence-electron chi connectivity index (χ2n) is 3.66. The summed E-state index contributed by atoms with van der Waals surface area (Å²) in [4.78, 5) is 0. The fourth-order valence-corrected chi connectivity index (χ4v) is 2.17. The monoisotopic (exact) mass is 258 g/mol. The molecular formula is C7H14O6S2. The highest BCUT2D eigenvalue weighted by Crippen LogP contribution is 2.35. The molecule has 0 bridgehead atoms. The summed E-state index contributed by atoms with van der Waals surface area (Å²) in [5.74, 6) is 0.0847. The SMILES string of the molecule is CS(=O)(=O)OCC(OS(C)(=O)=O)C1CC1. The van der Waals surface area contributed by atoms with Crippen LogP contribution in [0.2, 0.25) is 0 Å². The fraction of sp³-hybridized carbons (Fsp3) is 1.00. The molecule has 1 saturated carbocycles. The minimum atomic E-state index is -3.57. The fourth-order valence-electron chi connectivity index (χ4n) is 1.13. The van der Waals surface area contributed by atoms with Crippen molar-refractivity contribution in [2.24, 2.45) is 5.92 Å². The van der Waals surface area contributed by atoms with Gasteiger partial charge in [-0.05, 0) is 18.8 Å². The summed E-state index contributed by atoms with van der Waals surface area (Å²) in [6.07, 6.45) is 2.84. The van der Waals surface area contributed by atoms with Crippen molar-refractivity contribution >= 4 is 20.2 Å². The zero-order chi connectivity index (χ0) is 11.7. The van der Waals surface area contributed by atoms with Crippen LogP contribution in [-0.2, 0) is 28.6 Å². The Morgan fingerprint density at radius 1 is 1.13 bits per heavy atom. The summed E-state index contributed by atoms with van der Waals surface area (Å²) in [6.45, 7) is -0.240. The molecule has 1 unspecified atom stereocenters. The Bertz CT molecular complexity index is 405. The summed E-state index contributed by atoms with van der Waals surface area (Å²) in [5, 5.41) is 0. The van der Waals surface area contributed by atoms with Crippen molar-refractivity contribution in [3.8, 4) is 0 Å². The van der Waals surface area contributed by atoms with Crippen molar-refractivity contribution < 1.29 is 25.2 Å². The average Bonchev–Trinajstić information content (AvgIpc) is 2.75. The smallest absolute Gasteiger partial charge is 0.264 e. The Balaban J connectivity index is 2.52. The summed E-state index contributed by atoms with van der Waals surface area (Å²) >= 11 is 0. The van der Waals surface area contributed by atoms with Crippen LogP contribution in [0.1, 0.15) is 12.8 Å².